The van der Waals surface area contributed by atoms with E-state index in [0.717, 1.165) is 17.1 Å². The molecule has 11 rings (SSSR count). The molecule has 0 aromatic heterocycles. The summed E-state index contributed by atoms with van der Waals surface area (Å²) < 4.78 is 0. The number of anilines is 3. The maximum absolute atomic E-state index is 2.50. The lowest BCUT2D eigenvalue weighted by atomic mass is 9.66. The van der Waals surface area contributed by atoms with Gasteiger partial charge in [-0.25, -0.2) is 0 Å². The van der Waals surface area contributed by atoms with E-state index in [1.165, 1.54) is 77.2 Å². The fourth-order valence-corrected chi connectivity index (χ4v) is 9.51. The Hall–Kier alpha value is -7.48. The predicted octanol–water partition coefficient (Wildman–Crippen LogP) is 15.2. The van der Waals surface area contributed by atoms with Crippen LogP contribution in [0.25, 0.3) is 54.9 Å². The van der Waals surface area contributed by atoms with Crippen LogP contribution >= 0.6 is 0 Å². The van der Waals surface area contributed by atoms with Gasteiger partial charge in [-0.05, 0) is 108 Å². The zero-order valence-electron chi connectivity index (χ0n) is 32.0. The highest BCUT2D eigenvalue weighted by molar-refractivity contribution is 6.08. The molecule has 0 N–H and O–H groups in total. The van der Waals surface area contributed by atoms with Crippen LogP contribution in [0.1, 0.15) is 22.3 Å². The number of hydrogen-bond acceptors (Lipinski definition) is 1. The molecule has 1 heteroatoms. The van der Waals surface area contributed by atoms with Crippen LogP contribution in [0.15, 0.2) is 237 Å². The maximum atomic E-state index is 2.50. The summed E-state index contributed by atoms with van der Waals surface area (Å²) in [5.74, 6) is 0. The summed E-state index contributed by atoms with van der Waals surface area (Å²) in [6, 6.07) is 87.0. The predicted molar refractivity (Wildman–Crippen MR) is 244 cm³/mol. The quantitative estimate of drug-likeness (QED) is 0.157. The minimum Gasteiger partial charge on any atom is -0.310 e. The molecule has 0 heterocycles. The molecule has 1 nitrogen and oxygen atoms in total. The summed E-state index contributed by atoms with van der Waals surface area (Å²) in [5.41, 5.74) is 15.2. The second-order valence-electron chi connectivity index (χ2n) is 15.3. The molecule has 1 aliphatic carbocycles. The Morgan fingerprint density at radius 2 is 0.828 bits per heavy atom. The van der Waals surface area contributed by atoms with Crippen molar-refractivity contribution in [2.75, 3.05) is 4.90 Å². The van der Waals surface area contributed by atoms with Crippen molar-refractivity contribution in [1.82, 2.24) is 0 Å². The molecule has 0 radical (unpaired) electrons. The molecule has 0 unspecified atom stereocenters. The summed E-state index contributed by atoms with van der Waals surface area (Å²) in [5, 5.41) is 4.89. The second-order valence-corrected chi connectivity index (χ2v) is 15.3. The van der Waals surface area contributed by atoms with Gasteiger partial charge in [0.2, 0.25) is 0 Å². The van der Waals surface area contributed by atoms with Crippen LogP contribution in [0.5, 0.6) is 0 Å². The van der Waals surface area contributed by atoms with Crippen molar-refractivity contribution in [1.29, 1.82) is 0 Å². The molecule has 0 atom stereocenters. The first-order valence-electron chi connectivity index (χ1n) is 20.1. The Morgan fingerprint density at radius 1 is 0.328 bits per heavy atom. The van der Waals surface area contributed by atoms with E-state index in [1.54, 1.807) is 0 Å². The van der Waals surface area contributed by atoms with E-state index >= 15 is 0 Å². The molecule has 10 aromatic carbocycles. The van der Waals surface area contributed by atoms with Crippen LogP contribution in [0.4, 0.5) is 17.1 Å². The lowest BCUT2D eigenvalue weighted by Crippen LogP contribution is -2.29. The van der Waals surface area contributed by atoms with Gasteiger partial charge in [0.1, 0.15) is 0 Å². The molecular formula is C57H39N. The van der Waals surface area contributed by atoms with Gasteiger partial charge in [-0.1, -0.05) is 200 Å². The normalized spacial score (nSPS) is 12.6. The number of rotatable bonds is 7. The monoisotopic (exact) mass is 737 g/mol. The van der Waals surface area contributed by atoms with Crippen molar-refractivity contribution in [3.8, 4) is 33.4 Å². The van der Waals surface area contributed by atoms with E-state index in [1.807, 2.05) is 0 Å². The second kappa shape index (κ2) is 13.9. The maximum Gasteiger partial charge on any atom is 0.0720 e. The third kappa shape index (κ3) is 5.39. The van der Waals surface area contributed by atoms with Crippen molar-refractivity contribution >= 4 is 38.6 Å². The first-order valence-corrected chi connectivity index (χ1v) is 20.1. The lowest BCUT2D eigenvalue weighted by molar-refractivity contribution is 0.775. The standard InChI is InChI=1S/C57H39N/c1-5-17-40(18-6-1)43-29-33-49(34-30-43)58(50-35-31-42-21-13-14-22-44(42)37-50)54-39-46-23-15-16-28-51(46)56-55(54)52-38-45(41-19-7-2-8-20-41)32-36-53(52)57(56,47-24-9-3-10-25-47)48-26-11-4-12-27-48/h1-39H. The highest BCUT2D eigenvalue weighted by atomic mass is 15.1. The van der Waals surface area contributed by atoms with E-state index in [9.17, 15) is 0 Å². The molecule has 0 saturated heterocycles. The number of fused-ring (bicyclic) bond motifs is 6. The van der Waals surface area contributed by atoms with Crippen LogP contribution in [0, 0.1) is 0 Å². The van der Waals surface area contributed by atoms with Gasteiger partial charge in [-0.3, -0.25) is 0 Å². The summed E-state index contributed by atoms with van der Waals surface area (Å²) in [7, 11) is 0. The summed E-state index contributed by atoms with van der Waals surface area (Å²) in [4.78, 5) is 2.50. The van der Waals surface area contributed by atoms with Gasteiger partial charge in [0.25, 0.3) is 0 Å². The van der Waals surface area contributed by atoms with E-state index in [0.29, 0.717) is 0 Å². The van der Waals surface area contributed by atoms with Gasteiger partial charge in [-0.2, -0.15) is 0 Å². The van der Waals surface area contributed by atoms with E-state index < -0.39 is 5.41 Å². The molecule has 1 aliphatic rings. The zero-order chi connectivity index (χ0) is 38.5. The molecule has 0 bridgehead atoms. The molecule has 0 spiro atoms. The molecule has 272 valence electrons. The van der Waals surface area contributed by atoms with E-state index in [4.69, 9.17) is 0 Å². The lowest BCUT2D eigenvalue weighted by Gasteiger charge is -2.35. The van der Waals surface area contributed by atoms with Gasteiger partial charge in [0, 0.05) is 16.9 Å². The third-order valence-corrected chi connectivity index (χ3v) is 12.1. The Morgan fingerprint density at radius 3 is 1.48 bits per heavy atom. The SMILES string of the molecule is c1ccc(-c2ccc(N(c3ccc4ccccc4c3)c3cc4ccccc4c4c3-c3cc(-c5ccccc5)ccc3C4(c3ccccc3)c3ccccc3)cc2)cc1. The van der Waals surface area contributed by atoms with Gasteiger partial charge in [-0.15, -0.1) is 0 Å². The summed E-state index contributed by atoms with van der Waals surface area (Å²) >= 11 is 0. The molecule has 58 heavy (non-hydrogen) atoms. The average Bonchev–Trinajstić information content (AvgIpc) is 3.62. The first-order chi connectivity index (χ1) is 28.8. The molecule has 0 amide bonds. The number of hydrogen-bond donors (Lipinski definition) is 0. The van der Waals surface area contributed by atoms with Gasteiger partial charge < -0.3 is 4.90 Å². The minimum atomic E-state index is -0.593. The van der Waals surface area contributed by atoms with E-state index in [-0.39, 0.29) is 0 Å². The van der Waals surface area contributed by atoms with Crippen LogP contribution in [0.2, 0.25) is 0 Å². The molecular weight excluding hydrogens is 699 g/mol. The Balaban J connectivity index is 1.29. The van der Waals surface area contributed by atoms with E-state index in [2.05, 4.69) is 241 Å². The van der Waals surface area contributed by atoms with Crippen molar-refractivity contribution < 1.29 is 0 Å². The Kier molecular flexibility index (Phi) is 8.12. The van der Waals surface area contributed by atoms with Crippen LogP contribution < -0.4 is 4.90 Å². The fraction of sp³-hybridized carbons (Fsp3) is 0.0175. The van der Waals surface area contributed by atoms with Crippen LogP contribution in [-0.4, -0.2) is 0 Å². The summed E-state index contributed by atoms with van der Waals surface area (Å²) in [6.07, 6.45) is 0. The molecule has 0 aliphatic heterocycles. The smallest absolute Gasteiger partial charge is 0.0720 e. The van der Waals surface area contributed by atoms with Crippen LogP contribution in [0.3, 0.4) is 0 Å². The van der Waals surface area contributed by atoms with Gasteiger partial charge in [0.15, 0.2) is 0 Å². The van der Waals surface area contributed by atoms with Gasteiger partial charge >= 0.3 is 0 Å². The number of benzene rings is 10. The highest BCUT2D eigenvalue weighted by Gasteiger charge is 2.48. The zero-order valence-corrected chi connectivity index (χ0v) is 32.0. The Labute approximate surface area is 339 Å². The first kappa shape index (κ1) is 33.8. The van der Waals surface area contributed by atoms with Crippen molar-refractivity contribution in [2.24, 2.45) is 0 Å². The van der Waals surface area contributed by atoms with Crippen molar-refractivity contribution in [2.45, 2.75) is 5.41 Å². The van der Waals surface area contributed by atoms with Crippen LogP contribution in [-0.2, 0) is 5.41 Å². The topological polar surface area (TPSA) is 3.24 Å². The highest BCUT2D eigenvalue weighted by Crippen LogP contribution is 2.62. The summed E-state index contributed by atoms with van der Waals surface area (Å²) in [6.45, 7) is 0. The molecule has 10 aromatic rings. The Bertz CT molecular complexity index is 3040. The minimum absolute atomic E-state index is 0.593. The molecule has 0 fully saturated rings. The third-order valence-electron chi connectivity index (χ3n) is 12.1. The average molecular weight is 738 g/mol. The molecule has 0 saturated carbocycles. The number of nitrogens with zero attached hydrogens (tertiary/aromatic N) is 1. The van der Waals surface area contributed by atoms with Crippen molar-refractivity contribution in [3.05, 3.63) is 259 Å². The van der Waals surface area contributed by atoms with Gasteiger partial charge in [0.05, 0.1) is 11.1 Å². The van der Waals surface area contributed by atoms with Crippen molar-refractivity contribution in [3.63, 3.8) is 0 Å². The largest absolute Gasteiger partial charge is 0.310 e. The fourth-order valence-electron chi connectivity index (χ4n) is 9.51.